The van der Waals surface area contributed by atoms with Crippen LogP contribution in [0.1, 0.15) is 45.7 Å². The number of hydrogen-bond donors (Lipinski definition) is 1. The molecule has 27 heavy (non-hydrogen) atoms. The lowest BCUT2D eigenvalue weighted by Gasteiger charge is -2.38. The van der Waals surface area contributed by atoms with Crippen molar-refractivity contribution in [1.82, 2.24) is 9.97 Å². The zero-order chi connectivity index (χ0) is 20.1. The summed E-state index contributed by atoms with van der Waals surface area (Å²) in [5, 5.41) is 8.98. The van der Waals surface area contributed by atoms with Crippen LogP contribution in [0.25, 0.3) is 0 Å². The van der Waals surface area contributed by atoms with Crippen LogP contribution in [0, 0.1) is 16.7 Å². The van der Waals surface area contributed by atoms with E-state index < -0.39 is 11.7 Å². The number of primary amides is 1. The van der Waals surface area contributed by atoms with E-state index in [9.17, 15) is 4.79 Å². The molecule has 1 amide bonds. The van der Waals surface area contributed by atoms with Crippen molar-refractivity contribution >= 4 is 23.5 Å². The lowest BCUT2D eigenvalue weighted by atomic mass is 9.78. The zero-order valence-corrected chi connectivity index (χ0v) is 16.8. The predicted octanol–water partition coefficient (Wildman–Crippen LogP) is 2.89. The molecule has 0 aromatic carbocycles. The van der Waals surface area contributed by atoms with Gasteiger partial charge in [-0.2, -0.15) is 5.26 Å². The smallest absolute Gasteiger partial charge is 0.405 e. The van der Waals surface area contributed by atoms with Crippen molar-refractivity contribution in [3.05, 3.63) is 17.0 Å². The number of carbonyl (C=O) groups is 1. The molecule has 2 aliphatic rings. The number of nitrogens with two attached hydrogens (primary N) is 1. The number of piperidine rings is 1. The van der Waals surface area contributed by atoms with Gasteiger partial charge in [0.05, 0.1) is 12.8 Å². The Morgan fingerprint density at radius 1 is 1.41 bits per heavy atom. The lowest BCUT2D eigenvalue weighted by molar-refractivity contribution is 0.0600. The maximum absolute atomic E-state index is 10.0. The summed E-state index contributed by atoms with van der Waals surface area (Å²) in [5.74, 6) is 0.762. The first-order valence-corrected chi connectivity index (χ1v) is 9.26. The number of halogens is 1. The molecular formula is C18H26ClN5O3. The summed E-state index contributed by atoms with van der Waals surface area (Å²) in [7, 11) is 0. The third-order valence-electron chi connectivity index (χ3n) is 4.56. The molecule has 2 N–H and O–H groups in total. The van der Waals surface area contributed by atoms with Gasteiger partial charge in [-0.05, 0) is 45.4 Å². The molecule has 8 nitrogen and oxygen atoms in total. The van der Waals surface area contributed by atoms with Crippen molar-refractivity contribution in [3.8, 4) is 6.07 Å². The molecule has 1 aromatic rings. The van der Waals surface area contributed by atoms with Crippen molar-refractivity contribution in [3.63, 3.8) is 0 Å². The summed E-state index contributed by atoms with van der Waals surface area (Å²) >= 11 is 5.93. The van der Waals surface area contributed by atoms with Crippen LogP contribution >= 0.6 is 11.6 Å². The standard InChI is InChI=1S/C13H15ClN4O.C5H11NO2/c14-12-10(7-15)16-8-11(17-12)18-4-1-13(2-5-18)3-6-19-9-13;1-5(2,3)8-4(6)7/h8H,1-6,9H2;1-3H3,(H2,6,7). The second kappa shape index (κ2) is 8.72. The van der Waals surface area contributed by atoms with E-state index in [-0.39, 0.29) is 10.8 Å². The summed E-state index contributed by atoms with van der Waals surface area (Å²) in [6.07, 6.45) is 4.31. The van der Waals surface area contributed by atoms with E-state index >= 15 is 0 Å². The highest BCUT2D eigenvalue weighted by atomic mass is 35.5. The van der Waals surface area contributed by atoms with Gasteiger partial charge >= 0.3 is 6.09 Å². The monoisotopic (exact) mass is 395 g/mol. The Morgan fingerprint density at radius 2 is 2.07 bits per heavy atom. The number of rotatable bonds is 1. The van der Waals surface area contributed by atoms with Crippen molar-refractivity contribution in [2.75, 3.05) is 31.2 Å². The van der Waals surface area contributed by atoms with E-state index in [1.807, 2.05) is 6.07 Å². The average molecular weight is 396 g/mol. The molecule has 2 aliphatic heterocycles. The number of nitrogens with zero attached hydrogens (tertiary/aromatic N) is 4. The highest BCUT2D eigenvalue weighted by molar-refractivity contribution is 6.30. The Kier molecular flexibility index (Phi) is 6.84. The third kappa shape index (κ3) is 6.22. The fourth-order valence-electron chi connectivity index (χ4n) is 3.14. The first-order chi connectivity index (χ1) is 12.6. The van der Waals surface area contributed by atoms with Gasteiger partial charge in [-0.3, -0.25) is 0 Å². The Bertz CT molecular complexity index is 698. The van der Waals surface area contributed by atoms with Crippen LogP contribution in [0.3, 0.4) is 0 Å². The van der Waals surface area contributed by atoms with E-state index in [1.165, 1.54) is 6.42 Å². The normalized spacial score (nSPS) is 18.4. The van der Waals surface area contributed by atoms with Gasteiger partial charge in [0.2, 0.25) is 0 Å². The van der Waals surface area contributed by atoms with E-state index in [4.69, 9.17) is 27.3 Å². The number of ether oxygens (including phenoxy) is 2. The maximum Gasteiger partial charge on any atom is 0.405 e. The first-order valence-electron chi connectivity index (χ1n) is 8.88. The van der Waals surface area contributed by atoms with Gasteiger partial charge in [-0.25, -0.2) is 14.8 Å². The molecule has 2 fully saturated rings. The van der Waals surface area contributed by atoms with Gasteiger partial charge in [0.1, 0.15) is 17.5 Å². The Balaban J connectivity index is 0.000000279. The molecule has 0 unspecified atom stereocenters. The molecule has 2 saturated heterocycles. The minimum atomic E-state index is -0.725. The van der Waals surface area contributed by atoms with Crippen LogP contribution in [-0.4, -0.2) is 48.0 Å². The van der Waals surface area contributed by atoms with Crippen LogP contribution in [0.15, 0.2) is 6.20 Å². The number of carbonyl (C=O) groups excluding carboxylic acids is 1. The van der Waals surface area contributed by atoms with Crippen LogP contribution in [0.5, 0.6) is 0 Å². The molecule has 0 radical (unpaired) electrons. The third-order valence-corrected chi connectivity index (χ3v) is 4.83. The maximum atomic E-state index is 10.0. The molecule has 1 spiro atoms. The van der Waals surface area contributed by atoms with Gasteiger partial charge in [0.15, 0.2) is 10.8 Å². The summed E-state index contributed by atoms with van der Waals surface area (Å²) in [5.41, 5.74) is 4.82. The van der Waals surface area contributed by atoms with Crippen molar-refractivity contribution in [2.24, 2.45) is 11.1 Å². The fourth-order valence-corrected chi connectivity index (χ4v) is 3.32. The number of hydrogen-bond acceptors (Lipinski definition) is 7. The van der Waals surface area contributed by atoms with Gasteiger partial charge in [0.25, 0.3) is 0 Å². The zero-order valence-electron chi connectivity index (χ0n) is 16.0. The number of aromatic nitrogens is 2. The molecule has 9 heteroatoms. The van der Waals surface area contributed by atoms with Crippen molar-refractivity contribution in [1.29, 1.82) is 5.26 Å². The van der Waals surface area contributed by atoms with Crippen LogP contribution in [0.4, 0.5) is 10.6 Å². The average Bonchev–Trinajstić information content (AvgIpc) is 3.02. The minimum absolute atomic E-state index is 0.183. The molecule has 0 saturated carbocycles. The van der Waals surface area contributed by atoms with Gasteiger partial charge in [-0.15, -0.1) is 0 Å². The Morgan fingerprint density at radius 3 is 2.48 bits per heavy atom. The summed E-state index contributed by atoms with van der Waals surface area (Å²) in [6, 6.07) is 1.92. The van der Waals surface area contributed by atoms with Crippen LogP contribution < -0.4 is 10.6 Å². The Labute approximate surface area is 164 Å². The van der Waals surface area contributed by atoms with Crippen molar-refractivity contribution in [2.45, 2.75) is 45.6 Å². The predicted molar refractivity (Wildman–Crippen MR) is 101 cm³/mol. The fraction of sp³-hybridized carbons (Fsp3) is 0.667. The SMILES string of the molecule is CC(C)(C)OC(N)=O.N#Cc1ncc(N2CCC3(CCOC3)CC2)nc1Cl. The second-order valence-corrected chi connectivity index (χ2v) is 8.16. The molecule has 0 bridgehead atoms. The summed E-state index contributed by atoms with van der Waals surface area (Å²) < 4.78 is 10.1. The highest BCUT2D eigenvalue weighted by Crippen LogP contribution is 2.39. The molecule has 3 rings (SSSR count). The number of amides is 1. The van der Waals surface area contributed by atoms with E-state index in [1.54, 1.807) is 27.0 Å². The molecule has 0 aliphatic carbocycles. The Hall–Kier alpha value is -2.11. The van der Waals surface area contributed by atoms with Crippen LogP contribution in [0.2, 0.25) is 5.15 Å². The molecule has 0 atom stereocenters. The molecular weight excluding hydrogens is 370 g/mol. The van der Waals surface area contributed by atoms with Crippen LogP contribution in [-0.2, 0) is 9.47 Å². The second-order valence-electron chi connectivity index (χ2n) is 7.80. The number of anilines is 1. The minimum Gasteiger partial charge on any atom is -0.444 e. The first kappa shape index (κ1) is 21.2. The summed E-state index contributed by atoms with van der Waals surface area (Å²) in [6.45, 7) is 8.96. The van der Waals surface area contributed by atoms with Crippen molar-refractivity contribution < 1.29 is 14.3 Å². The lowest BCUT2D eigenvalue weighted by Crippen LogP contribution is -2.40. The molecule has 1 aromatic heterocycles. The topological polar surface area (TPSA) is 114 Å². The van der Waals surface area contributed by atoms with E-state index in [0.29, 0.717) is 5.41 Å². The largest absolute Gasteiger partial charge is 0.444 e. The van der Waals surface area contributed by atoms with Gasteiger partial charge in [-0.1, -0.05) is 11.6 Å². The summed E-state index contributed by atoms with van der Waals surface area (Å²) in [4.78, 5) is 20.5. The molecule has 3 heterocycles. The highest BCUT2D eigenvalue weighted by Gasteiger charge is 2.38. The van der Waals surface area contributed by atoms with E-state index in [0.717, 1.165) is 45.0 Å². The van der Waals surface area contributed by atoms with Gasteiger partial charge in [0, 0.05) is 19.7 Å². The van der Waals surface area contributed by atoms with E-state index in [2.05, 4.69) is 19.6 Å². The number of nitriles is 1. The molecule has 148 valence electrons. The quantitative estimate of drug-likeness (QED) is 0.777. The van der Waals surface area contributed by atoms with Gasteiger partial charge < -0.3 is 20.1 Å².